The molecule has 0 saturated carbocycles. The number of ether oxygens (including phenoxy) is 1. The van der Waals surface area contributed by atoms with Gasteiger partial charge in [-0.05, 0) is 19.9 Å². The molecule has 0 fully saturated rings. The van der Waals surface area contributed by atoms with Crippen LogP contribution in [-0.2, 0) is 4.74 Å². The molecule has 1 amide bonds. The zero-order valence-electron chi connectivity index (χ0n) is 7.28. The monoisotopic (exact) mass is 171 g/mol. The molecule has 0 spiro atoms. The third-order valence-electron chi connectivity index (χ3n) is 1.65. The van der Waals surface area contributed by atoms with Gasteiger partial charge in [0.1, 0.15) is 5.60 Å². The number of carbonyl (C=O) groups is 1. The second kappa shape index (κ2) is 3.05. The van der Waals surface area contributed by atoms with Crippen LogP contribution >= 0.6 is 0 Å². The molecular weight excluding hydrogens is 158 g/mol. The summed E-state index contributed by atoms with van der Waals surface area (Å²) in [6.07, 6.45) is 2.35. The fraction of sp³-hybridized carbons (Fsp3) is 0.625. The largest absolute Gasteiger partial charge is 0.494 e. The van der Waals surface area contributed by atoms with E-state index in [0.29, 0.717) is 13.1 Å². The Hall–Kier alpha value is -1.19. The Morgan fingerprint density at radius 1 is 1.67 bits per heavy atom. The first-order chi connectivity index (χ1) is 5.51. The van der Waals surface area contributed by atoms with Crippen molar-refractivity contribution < 1.29 is 14.6 Å². The molecule has 1 heterocycles. The van der Waals surface area contributed by atoms with E-state index in [1.165, 1.54) is 4.90 Å². The van der Waals surface area contributed by atoms with Crippen LogP contribution in [0.1, 0.15) is 13.8 Å². The van der Waals surface area contributed by atoms with Gasteiger partial charge in [-0.1, -0.05) is 0 Å². The smallest absolute Gasteiger partial charge is 0.407 e. The van der Waals surface area contributed by atoms with E-state index in [0.717, 1.165) is 0 Å². The quantitative estimate of drug-likeness (QED) is 0.597. The Morgan fingerprint density at radius 2 is 2.33 bits per heavy atom. The normalized spacial score (nSPS) is 21.3. The highest BCUT2D eigenvalue weighted by atomic mass is 16.5. The maximum absolute atomic E-state index is 10.6. The van der Waals surface area contributed by atoms with Gasteiger partial charge in [-0.15, -0.1) is 0 Å². The Balaban J connectivity index is 2.68. The third kappa shape index (κ3) is 2.15. The summed E-state index contributed by atoms with van der Waals surface area (Å²) in [4.78, 5) is 12.0. The zero-order valence-corrected chi connectivity index (χ0v) is 7.28. The first-order valence-electron chi connectivity index (χ1n) is 3.82. The maximum atomic E-state index is 10.6. The van der Waals surface area contributed by atoms with Crippen molar-refractivity contribution in [2.45, 2.75) is 19.4 Å². The minimum atomic E-state index is -0.904. The van der Waals surface area contributed by atoms with Gasteiger partial charge in [0.15, 0.2) is 0 Å². The van der Waals surface area contributed by atoms with Crippen molar-refractivity contribution in [3.8, 4) is 0 Å². The molecule has 0 unspecified atom stereocenters. The van der Waals surface area contributed by atoms with Gasteiger partial charge in [0, 0.05) is 6.54 Å². The topological polar surface area (TPSA) is 49.8 Å². The van der Waals surface area contributed by atoms with E-state index in [9.17, 15) is 4.79 Å². The minimum Gasteiger partial charge on any atom is -0.494 e. The lowest BCUT2D eigenvalue weighted by Gasteiger charge is -2.27. The Labute approximate surface area is 71.4 Å². The van der Waals surface area contributed by atoms with Gasteiger partial charge in [0.25, 0.3) is 0 Å². The molecular formula is C8H13NO3. The molecule has 0 aromatic carbocycles. The van der Waals surface area contributed by atoms with Crippen molar-refractivity contribution in [2.75, 3.05) is 13.1 Å². The summed E-state index contributed by atoms with van der Waals surface area (Å²) in [5.41, 5.74) is -0.425. The van der Waals surface area contributed by atoms with Crippen molar-refractivity contribution in [1.29, 1.82) is 0 Å². The van der Waals surface area contributed by atoms with Gasteiger partial charge < -0.3 is 14.7 Å². The maximum Gasteiger partial charge on any atom is 0.407 e. The highest BCUT2D eigenvalue weighted by Gasteiger charge is 2.26. The van der Waals surface area contributed by atoms with Crippen LogP contribution in [0.25, 0.3) is 0 Å². The molecule has 0 aromatic heterocycles. The van der Waals surface area contributed by atoms with Crippen LogP contribution in [0, 0.1) is 0 Å². The van der Waals surface area contributed by atoms with Crippen molar-refractivity contribution in [3.63, 3.8) is 0 Å². The van der Waals surface area contributed by atoms with E-state index in [4.69, 9.17) is 9.84 Å². The lowest BCUT2D eigenvalue weighted by molar-refractivity contribution is 0.0338. The average Bonchev–Trinajstić information content (AvgIpc) is 2.10. The molecule has 1 aliphatic rings. The Bertz CT molecular complexity index is 210. The van der Waals surface area contributed by atoms with Crippen LogP contribution in [0.3, 0.4) is 0 Å². The van der Waals surface area contributed by atoms with Crippen LogP contribution in [0.5, 0.6) is 0 Å². The molecule has 0 bridgehead atoms. The highest BCUT2D eigenvalue weighted by Crippen LogP contribution is 2.14. The number of amides is 1. The third-order valence-corrected chi connectivity index (χ3v) is 1.65. The fourth-order valence-corrected chi connectivity index (χ4v) is 1.11. The van der Waals surface area contributed by atoms with Crippen LogP contribution in [0.2, 0.25) is 0 Å². The highest BCUT2D eigenvalue weighted by molar-refractivity contribution is 5.65. The number of hydrogen-bond acceptors (Lipinski definition) is 2. The van der Waals surface area contributed by atoms with Crippen LogP contribution < -0.4 is 0 Å². The molecule has 1 aliphatic heterocycles. The van der Waals surface area contributed by atoms with Crippen molar-refractivity contribution in [3.05, 3.63) is 12.3 Å². The van der Waals surface area contributed by atoms with Gasteiger partial charge in [-0.25, -0.2) is 4.79 Å². The first-order valence-corrected chi connectivity index (χ1v) is 3.82. The predicted molar refractivity (Wildman–Crippen MR) is 43.9 cm³/mol. The second-order valence-electron chi connectivity index (χ2n) is 3.41. The summed E-state index contributed by atoms with van der Waals surface area (Å²) in [5.74, 6) is 0. The molecule has 0 radical (unpaired) electrons. The summed E-state index contributed by atoms with van der Waals surface area (Å²) in [6.45, 7) is 4.52. The van der Waals surface area contributed by atoms with Gasteiger partial charge in [0.2, 0.25) is 0 Å². The number of carboxylic acid groups (broad SMARTS) is 1. The summed E-state index contributed by atoms with van der Waals surface area (Å²) in [5, 5.41) is 8.73. The summed E-state index contributed by atoms with van der Waals surface area (Å²) in [7, 11) is 0. The summed E-state index contributed by atoms with van der Waals surface area (Å²) in [6, 6.07) is 0. The predicted octanol–water partition coefficient (Wildman–Crippen LogP) is 1.29. The average molecular weight is 171 g/mol. The molecule has 4 heteroatoms. The molecule has 0 saturated heterocycles. The first kappa shape index (κ1) is 8.90. The van der Waals surface area contributed by atoms with Crippen LogP contribution in [0.15, 0.2) is 12.3 Å². The minimum absolute atomic E-state index is 0.398. The van der Waals surface area contributed by atoms with Gasteiger partial charge >= 0.3 is 6.09 Å². The van der Waals surface area contributed by atoms with E-state index >= 15 is 0 Å². The van der Waals surface area contributed by atoms with Crippen molar-refractivity contribution >= 4 is 6.09 Å². The van der Waals surface area contributed by atoms with E-state index in [1.807, 2.05) is 13.8 Å². The standard InChI is InChI=1S/C8H13NO3/c1-8(2)6-9(7(10)11)4-3-5-12-8/h3,5H,4,6H2,1-2H3,(H,10,11). The fourth-order valence-electron chi connectivity index (χ4n) is 1.11. The zero-order chi connectivity index (χ0) is 9.19. The molecule has 68 valence electrons. The molecule has 12 heavy (non-hydrogen) atoms. The van der Waals surface area contributed by atoms with Crippen LogP contribution in [0.4, 0.5) is 4.79 Å². The van der Waals surface area contributed by atoms with Gasteiger partial charge in [0.05, 0.1) is 12.8 Å². The van der Waals surface area contributed by atoms with Gasteiger partial charge in [-0.3, -0.25) is 0 Å². The summed E-state index contributed by atoms with van der Waals surface area (Å²) < 4.78 is 5.29. The van der Waals surface area contributed by atoms with E-state index < -0.39 is 11.7 Å². The second-order valence-corrected chi connectivity index (χ2v) is 3.41. The lowest BCUT2D eigenvalue weighted by Crippen LogP contribution is -2.41. The van der Waals surface area contributed by atoms with Crippen molar-refractivity contribution in [1.82, 2.24) is 4.90 Å². The SMILES string of the molecule is CC1(C)CN(C(=O)O)CC=CO1. The van der Waals surface area contributed by atoms with E-state index in [1.54, 1.807) is 12.3 Å². The molecule has 1 rings (SSSR count). The lowest BCUT2D eigenvalue weighted by atomic mass is 10.1. The number of rotatable bonds is 0. The van der Waals surface area contributed by atoms with Crippen molar-refractivity contribution in [2.24, 2.45) is 0 Å². The molecule has 4 nitrogen and oxygen atoms in total. The van der Waals surface area contributed by atoms with E-state index in [-0.39, 0.29) is 0 Å². The number of hydrogen-bond donors (Lipinski definition) is 1. The molecule has 0 aromatic rings. The van der Waals surface area contributed by atoms with E-state index in [2.05, 4.69) is 0 Å². The Kier molecular flexibility index (Phi) is 2.26. The molecule has 0 atom stereocenters. The van der Waals surface area contributed by atoms with Crippen LogP contribution in [-0.4, -0.2) is 34.8 Å². The molecule has 1 N–H and O–H groups in total. The van der Waals surface area contributed by atoms with Gasteiger partial charge in [-0.2, -0.15) is 0 Å². The Morgan fingerprint density at radius 3 is 2.92 bits per heavy atom. The molecule has 0 aliphatic carbocycles. The number of nitrogens with zero attached hydrogens (tertiary/aromatic N) is 1. The summed E-state index contributed by atoms with van der Waals surface area (Å²) >= 11 is 0.